The van der Waals surface area contributed by atoms with E-state index in [2.05, 4.69) is 19.0 Å². The highest BCUT2D eigenvalue weighted by Crippen LogP contribution is 2.28. The molecule has 4 aromatic rings. The Morgan fingerprint density at radius 2 is 2.11 bits per heavy atom. The van der Waals surface area contributed by atoms with Crippen LogP contribution < -0.4 is 5.32 Å². The number of carbonyl (C=O) groups is 1. The maximum atomic E-state index is 12.6. The van der Waals surface area contributed by atoms with Gasteiger partial charge in [-0.1, -0.05) is 6.07 Å². The van der Waals surface area contributed by atoms with Crippen LogP contribution in [-0.4, -0.2) is 26.2 Å². The Bertz CT molecular complexity index is 1130. The van der Waals surface area contributed by atoms with Gasteiger partial charge >= 0.3 is 0 Å². The number of anilines is 1. The smallest absolute Gasteiger partial charge is 0.258 e. The zero-order valence-corrected chi connectivity index (χ0v) is 16.5. The number of rotatable bonds is 4. The van der Waals surface area contributed by atoms with Crippen LogP contribution in [0.3, 0.4) is 0 Å². The molecule has 4 heterocycles. The Kier molecular flexibility index (Phi) is 4.44. The minimum absolute atomic E-state index is 0.0923. The second-order valence-corrected chi connectivity index (χ2v) is 8.57. The average molecular weight is 415 g/mol. The van der Waals surface area contributed by atoms with Crippen LogP contribution in [0.1, 0.15) is 32.1 Å². The van der Waals surface area contributed by atoms with E-state index in [0.29, 0.717) is 24.8 Å². The van der Waals surface area contributed by atoms with E-state index in [1.165, 1.54) is 23.1 Å². The first-order valence-corrected chi connectivity index (χ1v) is 10.9. The van der Waals surface area contributed by atoms with Gasteiger partial charge in [-0.3, -0.25) is 10.1 Å². The molecule has 1 aliphatic rings. The molecule has 0 bridgehead atoms. The number of amides is 1. The number of fused-ring (bicyclic) bond motifs is 2. The second kappa shape index (κ2) is 7.08. The summed E-state index contributed by atoms with van der Waals surface area (Å²) in [5.41, 5.74) is 5.75. The van der Waals surface area contributed by atoms with Crippen molar-refractivity contribution in [2.45, 2.75) is 19.4 Å². The molecule has 27 heavy (non-hydrogen) atoms. The molecule has 0 saturated heterocycles. The summed E-state index contributed by atoms with van der Waals surface area (Å²) < 4.78 is 13.9. The van der Waals surface area contributed by atoms with Gasteiger partial charge in [-0.15, -0.1) is 22.7 Å². The predicted octanol–water partition coefficient (Wildman–Crippen LogP) is 4.13. The van der Waals surface area contributed by atoms with Gasteiger partial charge in [0.25, 0.3) is 5.91 Å². The minimum atomic E-state index is -0.0923. The molecule has 1 N–H and O–H groups in total. The molecule has 5 rings (SSSR count). The van der Waals surface area contributed by atoms with Crippen molar-refractivity contribution in [3.05, 3.63) is 56.2 Å². The second-order valence-electron chi connectivity index (χ2n) is 6.22. The van der Waals surface area contributed by atoms with Gasteiger partial charge in [-0.2, -0.15) is 8.75 Å². The molecular formula is C18H14N4O2S3. The highest BCUT2D eigenvalue weighted by atomic mass is 32.1. The Labute approximate surface area is 167 Å². The summed E-state index contributed by atoms with van der Waals surface area (Å²) in [6.45, 7) is 1.28. The molecule has 9 heteroatoms. The number of ether oxygens (including phenoxy) is 1. The molecular weight excluding hydrogens is 400 g/mol. The maximum Gasteiger partial charge on any atom is 0.258 e. The highest BCUT2D eigenvalue weighted by molar-refractivity contribution is 7.14. The molecule has 1 aromatic carbocycles. The summed E-state index contributed by atoms with van der Waals surface area (Å²) in [5, 5.41) is 7.46. The summed E-state index contributed by atoms with van der Waals surface area (Å²) in [6, 6.07) is 6.06. The van der Waals surface area contributed by atoms with Crippen molar-refractivity contribution in [2.75, 3.05) is 11.9 Å². The zero-order chi connectivity index (χ0) is 18.2. The van der Waals surface area contributed by atoms with Crippen LogP contribution in [0.15, 0.2) is 29.0 Å². The molecule has 0 radical (unpaired) electrons. The van der Waals surface area contributed by atoms with E-state index >= 15 is 0 Å². The Balaban J connectivity index is 1.30. The molecule has 0 atom stereocenters. The summed E-state index contributed by atoms with van der Waals surface area (Å²) in [4.78, 5) is 18.4. The lowest BCUT2D eigenvalue weighted by atomic mass is 10.1. The monoisotopic (exact) mass is 414 g/mol. The summed E-state index contributed by atoms with van der Waals surface area (Å²) >= 11 is 4.25. The number of benzene rings is 1. The van der Waals surface area contributed by atoms with Gasteiger partial charge in [0, 0.05) is 22.1 Å². The zero-order valence-electron chi connectivity index (χ0n) is 14.1. The number of aromatic nitrogens is 3. The van der Waals surface area contributed by atoms with Crippen molar-refractivity contribution in [3.8, 4) is 0 Å². The summed E-state index contributed by atoms with van der Waals surface area (Å²) in [5.74, 6) is -0.0923. The van der Waals surface area contributed by atoms with Gasteiger partial charge in [0.05, 0.1) is 36.2 Å². The SMILES string of the molecule is O=C(Nc1nc(Cc2ccc3nsnc3c2)cs1)c1csc2c1CCOC2. The largest absolute Gasteiger partial charge is 0.376 e. The summed E-state index contributed by atoms with van der Waals surface area (Å²) in [6.07, 6.45) is 1.49. The fourth-order valence-electron chi connectivity index (χ4n) is 3.10. The van der Waals surface area contributed by atoms with Crippen molar-refractivity contribution in [1.29, 1.82) is 0 Å². The number of hydrogen-bond acceptors (Lipinski definition) is 8. The van der Waals surface area contributed by atoms with Gasteiger partial charge in [0.1, 0.15) is 11.0 Å². The number of thiazole rings is 1. The van der Waals surface area contributed by atoms with E-state index in [9.17, 15) is 4.79 Å². The van der Waals surface area contributed by atoms with Crippen molar-refractivity contribution in [2.24, 2.45) is 0 Å². The number of hydrogen-bond donors (Lipinski definition) is 1. The van der Waals surface area contributed by atoms with Crippen molar-refractivity contribution >= 4 is 56.5 Å². The number of nitrogens with zero attached hydrogens (tertiary/aromatic N) is 3. The van der Waals surface area contributed by atoms with E-state index in [0.717, 1.165) is 44.7 Å². The minimum Gasteiger partial charge on any atom is -0.376 e. The van der Waals surface area contributed by atoms with Crippen molar-refractivity contribution in [3.63, 3.8) is 0 Å². The maximum absolute atomic E-state index is 12.6. The van der Waals surface area contributed by atoms with Crippen LogP contribution in [0, 0.1) is 0 Å². The average Bonchev–Trinajstić information content (AvgIpc) is 3.40. The molecule has 6 nitrogen and oxygen atoms in total. The lowest BCUT2D eigenvalue weighted by Crippen LogP contribution is -2.16. The lowest BCUT2D eigenvalue weighted by Gasteiger charge is -2.13. The van der Waals surface area contributed by atoms with Gasteiger partial charge < -0.3 is 4.74 Å². The molecule has 0 spiro atoms. The molecule has 136 valence electrons. The Hall–Kier alpha value is -2.20. The first-order valence-electron chi connectivity index (χ1n) is 8.40. The number of nitrogens with one attached hydrogen (secondary N) is 1. The molecule has 0 fully saturated rings. The standard InChI is InChI=1S/C18H14N4O2S3/c23-17(13-9-25-16-7-24-4-3-12(13)16)20-18-19-11(8-26-18)5-10-1-2-14-15(6-10)22-27-21-14/h1-2,6,8-9H,3-5,7H2,(H,19,20,23). The third-order valence-corrected chi connectivity index (χ3v) is 6.80. The molecule has 1 amide bonds. The molecule has 0 aliphatic carbocycles. The third-order valence-electron chi connectivity index (χ3n) is 4.43. The van der Waals surface area contributed by atoms with Crippen LogP contribution in [0.5, 0.6) is 0 Å². The number of thiophene rings is 1. The van der Waals surface area contributed by atoms with Gasteiger partial charge in [0.15, 0.2) is 5.13 Å². The van der Waals surface area contributed by atoms with E-state index in [-0.39, 0.29) is 5.91 Å². The van der Waals surface area contributed by atoms with Gasteiger partial charge in [-0.05, 0) is 29.7 Å². The molecule has 0 unspecified atom stereocenters. The normalized spacial score (nSPS) is 13.6. The van der Waals surface area contributed by atoms with Crippen LogP contribution in [0.4, 0.5) is 5.13 Å². The molecule has 1 aliphatic heterocycles. The van der Waals surface area contributed by atoms with Crippen LogP contribution >= 0.6 is 34.4 Å². The fraction of sp³-hybridized carbons (Fsp3) is 0.222. The van der Waals surface area contributed by atoms with Crippen LogP contribution in [0.2, 0.25) is 0 Å². The first kappa shape index (κ1) is 16.9. The third kappa shape index (κ3) is 3.39. The van der Waals surface area contributed by atoms with Crippen LogP contribution in [-0.2, 0) is 24.2 Å². The van der Waals surface area contributed by atoms with E-state index in [1.54, 1.807) is 11.3 Å². The summed E-state index contributed by atoms with van der Waals surface area (Å²) in [7, 11) is 0. The predicted molar refractivity (Wildman–Crippen MR) is 108 cm³/mol. The topological polar surface area (TPSA) is 77.0 Å². The first-order chi connectivity index (χ1) is 13.3. The van der Waals surface area contributed by atoms with E-state index in [1.807, 2.05) is 29.0 Å². The van der Waals surface area contributed by atoms with Gasteiger partial charge in [0.2, 0.25) is 0 Å². The van der Waals surface area contributed by atoms with Gasteiger partial charge in [-0.25, -0.2) is 4.98 Å². The highest BCUT2D eigenvalue weighted by Gasteiger charge is 2.21. The lowest BCUT2D eigenvalue weighted by molar-refractivity contribution is 0.101. The molecule has 0 saturated carbocycles. The van der Waals surface area contributed by atoms with Crippen LogP contribution in [0.25, 0.3) is 11.0 Å². The quantitative estimate of drug-likeness (QED) is 0.543. The van der Waals surface area contributed by atoms with Crippen molar-refractivity contribution < 1.29 is 9.53 Å². The number of carbonyl (C=O) groups excluding carboxylic acids is 1. The van der Waals surface area contributed by atoms with E-state index in [4.69, 9.17) is 4.74 Å². The van der Waals surface area contributed by atoms with E-state index < -0.39 is 0 Å². The molecule has 3 aromatic heterocycles. The Morgan fingerprint density at radius 3 is 3.07 bits per heavy atom. The fourth-order valence-corrected chi connectivity index (χ4v) is 5.34. The van der Waals surface area contributed by atoms with Crippen molar-refractivity contribution in [1.82, 2.24) is 13.7 Å². The Morgan fingerprint density at radius 1 is 1.19 bits per heavy atom.